The highest BCUT2D eigenvalue weighted by atomic mass is 32.2. The van der Waals surface area contributed by atoms with Gasteiger partial charge in [-0.25, -0.2) is 4.98 Å². The maximum atomic E-state index is 11.5. The smallest absolute Gasteiger partial charge is 0.323 e. The van der Waals surface area contributed by atoms with Crippen LogP contribution in [0.1, 0.15) is 45.9 Å². The summed E-state index contributed by atoms with van der Waals surface area (Å²) in [7, 11) is 0. The second-order valence-corrected chi connectivity index (χ2v) is 6.65. The minimum atomic E-state index is -0.787. The summed E-state index contributed by atoms with van der Waals surface area (Å²) in [5, 5.41) is 12.5. The quantitative estimate of drug-likeness (QED) is 0.510. The van der Waals surface area contributed by atoms with Gasteiger partial charge in [0.25, 0.3) is 0 Å². The molecule has 0 amide bonds. The Balaban J connectivity index is 2.42. The van der Waals surface area contributed by atoms with E-state index in [2.05, 4.69) is 14.7 Å². The Labute approximate surface area is 128 Å². The molecule has 2 N–H and O–H groups in total. The summed E-state index contributed by atoms with van der Waals surface area (Å²) in [5.74, 6) is 1.01. The zero-order valence-corrected chi connectivity index (χ0v) is 13.9. The van der Waals surface area contributed by atoms with Crippen molar-refractivity contribution >= 4 is 29.3 Å². The van der Waals surface area contributed by atoms with Gasteiger partial charge < -0.3 is 10.4 Å². The van der Waals surface area contributed by atoms with Crippen molar-refractivity contribution in [3.63, 3.8) is 0 Å². The molecule has 114 valence electrons. The SMILES string of the molecule is CCNC(CC)(CCCSc1nc(CC)ns1)C(=O)O. The molecule has 1 unspecified atom stereocenters. The number of thioether (sulfide) groups is 1. The van der Waals surface area contributed by atoms with Crippen LogP contribution in [0.25, 0.3) is 0 Å². The second-order valence-electron chi connectivity index (χ2n) is 4.55. The molecule has 0 fully saturated rings. The summed E-state index contributed by atoms with van der Waals surface area (Å²) < 4.78 is 5.21. The van der Waals surface area contributed by atoms with Crippen molar-refractivity contribution in [3.05, 3.63) is 5.82 Å². The van der Waals surface area contributed by atoms with Crippen LogP contribution in [0.3, 0.4) is 0 Å². The molecule has 1 aromatic rings. The van der Waals surface area contributed by atoms with E-state index in [4.69, 9.17) is 0 Å². The molecule has 0 spiro atoms. The van der Waals surface area contributed by atoms with Gasteiger partial charge in [0.2, 0.25) is 0 Å². The predicted octanol–water partition coefficient (Wildman–Crippen LogP) is 2.82. The first-order valence-corrected chi connectivity index (χ1v) is 8.77. The van der Waals surface area contributed by atoms with Gasteiger partial charge in [-0.2, -0.15) is 4.37 Å². The highest BCUT2D eigenvalue weighted by Gasteiger charge is 2.34. The van der Waals surface area contributed by atoms with Crippen LogP contribution >= 0.6 is 23.3 Å². The standard InChI is InChI=1S/C13H23N3O2S2/c1-4-10-15-12(20-16-10)19-9-7-8-13(5-2,11(17)18)14-6-3/h14H,4-9H2,1-3H3,(H,17,18). The summed E-state index contributed by atoms with van der Waals surface area (Å²) in [4.78, 5) is 15.9. The third kappa shape index (κ3) is 4.71. The molecule has 1 aromatic heterocycles. The number of aryl methyl sites for hydroxylation is 1. The number of nitrogens with zero attached hydrogens (tertiary/aromatic N) is 2. The van der Waals surface area contributed by atoms with E-state index in [0.717, 1.165) is 28.8 Å². The highest BCUT2D eigenvalue weighted by molar-refractivity contribution is 8.00. The molecule has 5 nitrogen and oxygen atoms in total. The predicted molar refractivity (Wildman–Crippen MR) is 83.6 cm³/mol. The zero-order chi connectivity index (χ0) is 15.0. The molecule has 0 radical (unpaired) electrons. The first-order chi connectivity index (χ1) is 9.57. The van der Waals surface area contributed by atoms with Crippen LogP contribution in [0.4, 0.5) is 0 Å². The van der Waals surface area contributed by atoms with Gasteiger partial charge in [0, 0.05) is 12.2 Å². The molecule has 0 aliphatic rings. The van der Waals surface area contributed by atoms with Crippen LogP contribution in [-0.2, 0) is 11.2 Å². The topological polar surface area (TPSA) is 75.1 Å². The lowest BCUT2D eigenvalue weighted by Gasteiger charge is -2.29. The number of likely N-dealkylation sites (N-methyl/N-ethyl adjacent to an activating group) is 1. The number of hydrogen-bond acceptors (Lipinski definition) is 6. The Hall–Kier alpha value is -0.660. The van der Waals surface area contributed by atoms with Crippen LogP contribution in [0, 0.1) is 0 Å². The number of carbonyl (C=O) groups is 1. The number of nitrogens with one attached hydrogen (secondary N) is 1. The van der Waals surface area contributed by atoms with Crippen molar-refractivity contribution in [2.75, 3.05) is 12.3 Å². The minimum Gasteiger partial charge on any atom is -0.480 e. The average Bonchev–Trinajstić information content (AvgIpc) is 2.90. The minimum absolute atomic E-state index is 0.597. The van der Waals surface area contributed by atoms with E-state index < -0.39 is 11.5 Å². The van der Waals surface area contributed by atoms with E-state index in [1.54, 1.807) is 11.8 Å². The highest BCUT2D eigenvalue weighted by Crippen LogP contribution is 2.24. The van der Waals surface area contributed by atoms with E-state index in [-0.39, 0.29) is 0 Å². The normalized spacial score (nSPS) is 14.2. The molecule has 20 heavy (non-hydrogen) atoms. The molecule has 0 aromatic carbocycles. The zero-order valence-electron chi connectivity index (χ0n) is 12.3. The fourth-order valence-corrected chi connectivity index (χ4v) is 3.74. The molecule has 0 aliphatic heterocycles. The molecule has 7 heteroatoms. The van der Waals surface area contributed by atoms with Gasteiger partial charge >= 0.3 is 5.97 Å². The van der Waals surface area contributed by atoms with Crippen molar-refractivity contribution in [1.29, 1.82) is 0 Å². The summed E-state index contributed by atoms with van der Waals surface area (Å²) in [6, 6.07) is 0. The molecule has 0 bridgehead atoms. The molecule has 0 saturated carbocycles. The molecular formula is C13H23N3O2S2. The van der Waals surface area contributed by atoms with Gasteiger partial charge in [0.1, 0.15) is 11.4 Å². The van der Waals surface area contributed by atoms with Crippen molar-refractivity contribution in [2.45, 2.75) is 56.3 Å². The number of carboxylic acids is 1. The van der Waals surface area contributed by atoms with Crippen molar-refractivity contribution in [2.24, 2.45) is 0 Å². The summed E-state index contributed by atoms with van der Waals surface area (Å²) in [6.45, 7) is 6.57. The Morgan fingerprint density at radius 3 is 2.70 bits per heavy atom. The van der Waals surface area contributed by atoms with Crippen LogP contribution in [0.15, 0.2) is 4.34 Å². The van der Waals surface area contributed by atoms with E-state index in [0.29, 0.717) is 19.4 Å². The Morgan fingerprint density at radius 1 is 1.45 bits per heavy atom. The van der Waals surface area contributed by atoms with Crippen molar-refractivity contribution < 1.29 is 9.90 Å². The van der Waals surface area contributed by atoms with Gasteiger partial charge in [-0.15, -0.1) is 0 Å². The maximum Gasteiger partial charge on any atom is 0.323 e. The molecule has 1 rings (SSSR count). The molecule has 1 atom stereocenters. The Kier molecular flexibility index (Phi) is 7.47. The molecule has 0 saturated heterocycles. The van der Waals surface area contributed by atoms with E-state index in [1.807, 2.05) is 20.8 Å². The summed E-state index contributed by atoms with van der Waals surface area (Å²) in [5.41, 5.74) is -0.787. The maximum absolute atomic E-state index is 11.5. The van der Waals surface area contributed by atoms with Gasteiger partial charge in [-0.1, -0.05) is 32.5 Å². The number of rotatable bonds is 10. The number of aromatic nitrogens is 2. The molecular weight excluding hydrogens is 294 g/mol. The third-order valence-corrected chi connectivity index (χ3v) is 5.22. The summed E-state index contributed by atoms with van der Waals surface area (Å²) >= 11 is 3.09. The molecule has 1 heterocycles. The lowest BCUT2D eigenvalue weighted by atomic mass is 9.91. The monoisotopic (exact) mass is 317 g/mol. The first kappa shape index (κ1) is 17.4. The van der Waals surface area contributed by atoms with Crippen LogP contribution in [-0.4, -0.2) is 38.3 Å². The fourth-order valence-electron chi connectivity index (χ4n) is 2.04. The van der Waals surface area contributed by atoms with Gasteiger partial charge in [-0.05, 0) is 37.3 Å². The van der Waals surface area contributed by atoms with Gasteiger partial charge in [0.05, 0.1) is 0 Å². The third-order valence-electron chi connectivity index (χ3n) is 3.27. The van der Waals surface area contributed by atoms with Crippen LogP contribution in [0.5, 0.6) is 0 Å². The lowest BCUT2D eigenvalue weighted by molar-refractivity contribution is -0.145. The van der Waals surface area contributed by atoms with Crippen LogP contribution in [0.2, 0.25) is 0 Å². The first-order valence-electron chi connectivity index (χ1n) is 7.01. The largest absolute Gasteiger partial charge is 0.480 e. The fraction of sp³-hybridized carbons (Fsp3) is 0.769. The Bertz CT molecular complexity index is 426. The summed E-state index contributed by atoms with van der Waals surface area (Å²) in [6.07, 6.45) is 2.94. The lowest BCUT2D eigenvalue weighted by Crippen LogP contribution is -2.51. The second kappa shape index (κ2) is 8.59. The molecule has 0 aliphatic carbocycles. The number of carboxylic acid groups (broad SMARTS) is 1. The number of aliphatic carboxylic acids is 1. The van der Waals surface area contributed by atoms with Gasteiger partial charge in [-0.3, -0.25) is 4.79 Å². The van der Waals surface area contributed by atoms with E-state index in [1.165, 1.54) is 11.5 Å². The van der Waals surface area contributed by atoms with E-state index in [9.17, 15) is 9.90 Å². The number of hydrogen-bond donors (Lipinski definition) is 2. The van der Waals surface area contributed by atoms with Gasteiger partial charge in [0.15, 0.2) is 4.34 Å². The van der Waals surface area contributed by atoms with Crippen molar-refractivity contribution in [1.82, 2.24) is 14.7 Å². The van der Waals surface area contributed by atoms with Crippen molar-refractivity contribution in [3.8, 4) is 0 Å². The average molecular weight is 317 g/mol. The van der Waals surface area contributed by atoms with E-state index >= 15 is 0 Å². The Morgan fingerprint density at radius 2 is 2.20 bits per heavy atom. The van der Waals surface area contributed by atoms with Crippen LogP contribution < -0.4 is 5.32 Å².